The molecule has 4 nitrogen and oxygen atoms in total. The van der Waals surface area contributed by atoms with Crippen molar-refractivity contribution in [3.05, 3.63) is 4.77 Å². The Morgan fingerprint density at radius 1 is 1.58 bits per heavy atom. The van der Waals surface area contributed by atoms with Crippen LogP contribution < -0.4 is 5.73 Å². The van der Waals surface area contributed by atoms with Crippen molar-refractivity contribution in [3.63, 3.8) is 0 Å². The molecule has 0 spiro atoms. The Morgan fingerprint density at radius 2 is 2.17 bits per heavy atom. The third kappa shape index (κ3) is 1.97. The van der Waals surface area contributed by atoms with E-state index in [-0.39, 0.29) is 10.7 Å². The number of rotatable bonds is 1. The molecule has 8 heteroatoms. The van der Waals surface area contributed by atoms with Crippen molar-refractivity contribution in [2.75, 3.05) is 5.73 Å². The highest BCUT2D eigenvalue weighted by Gasteiger charge is 2.29. The van der Waals surface area contributed by atoms with Crippen molar-refractivity contribution in [2.24, 2.45) is 0 Å². The van der Waals surface area contributed by atoms with Crippen LogP contribution in [0.3, 0.4) is 0 Å². The fourth-order valence-corrected chi connectivity index (χ4v) is 0.866. The van der Waals surface area contributed by atoms with E-state index in [4.69, 9.17) is 5.73 Å². The van der Waals surface area contributed by atoms with E-state index >= 15 is 0 Å². The highest BCUT2D eigenvalue weighted by atomic mass is 32.1. The van der Waals surface area contributed by atoms with E-state index in [9.17, 15) is 13.2 Å². The summed E-state index contributed by atoms with van der Waals surface area (Å²) in [5.74, 6) is -0.266. The number of nitrogens with zero attached hydrogens (tertiary/aromatic N) is 2. The number of hydrogen-bond donors (Lipinski definition) is 2. The zero-order valence-electron chi connectivity index (χ0n) is 5.72. The van der Waals surface area contributed by atoms with Gasteiger partial charge in [-0.3, -0.25) is 4.57 Å². The number of nitrogen functional groups attached to an aromatic ring is 1. The number of halogens is 3. The standard InChI is InChI=1S/C4H5F3N4S/c5-4(6,7)1-11-2(8)9-10-3(11)12/h1H2,(H2,8,9)(H,10,12). The first kappa shape index (κ1) is 9.04. The normalized spacial score (nSPS) is 11.9. The SMILES string of the molecule is Nc1n[nH]c(=S)n1CC(F)(F)F. The molecule has 0 unspecified atom stereocenters. The van der Waals surface area contributed by atoms with Gasteiger partial charge in [-0.05, 0) is 12.2 Å². The first-order chi connectivity index (χ1) is 5.40. The van der Waals surface area contributed by atoms with Gasteiger partial charge in [-0.1, -0.05) is 0 Å². The largest absolute Gasteiger partial charge is 0.406 e. The minimum Gasteiger partial charge on any atom is -0.368 e. The molecule has 12 heavy (non-hydrogen) atoms. The second kappa shape index (κ2) is 2.77. The van der Waals surface area contributed by atoms with Crippen molar-refractivity contribution in [2.45, 2.75) is 12.7 Å². The molecule has 0 radical (unpaired) electrons. The van der Waals surface area contributed by atoms with Crippen LogP contribution in [0.2, 0.25) is 0 Å². The predicted molar refractivity (Wildman–Crippen MR) is 37.9 cm³/mol. The summed E-state index contributed by atoms with van der Waals surface area (Å²) in [6.45, 7) is -1.21. The van der Waals surface area contributed by atoms with Crippen molar-refractivity contribution in [1.82, 2.24) is 14.8 Å². The molecule has 3 N–H and O–H groups in total. The highest BCUT2D eigenvalue weighted by Crippen LogP contribution is 2.18. The number of nitrogens with two attached hydrogens (primary N) is 1. The van der Waals surface area contributed by atoms with E-state index in [2.05, 4.69) is 22.4 Å². The number of H-pyrrole nitrogens is 1. The third-order valence-corrected chi connectivity index (χ3v) is 1.44. The zero-order chi connectivity index (χ0) is 9.35. The van der Waals surface area contributed by atoms with Crippen LogP contribution >= 0.6 is 12.2 Å². The van der Waals surface area contributed by atoms with Crippen LogP contribution in [0.1, 0.15) is 0 Å². The number of aromatic nitrogens is 3. The molecule has 0 bridgehead atoms. The molecular formula is C4H5F3N4S. The van der Waals surface area contributed by atoms with Gasteiger partial charge in [0.15, 0.2) is 4.77 Å². The van der Waals surface area contributed by atoms with Crippen LogP contribution in [0.4, 0.5) is 19.1 Å². The van der Waals surface area contributed by atoms with Crippen molar-refractivity contribution in [3.8, 4) is 0 Å². The molecule has 1 aromatic heterocycles. The number of nitrogens with one attached hydrogen (secondary N) is 1. The highest BCUT2D eigenvalue weighted by molar-refractivity contribution is 7.71. The Kier molecular flexibility index (Phi) is 2.09. The van der Waals surface area contributed by atoms with Crippen LogP contribution in [0, 0.1) is 4.77 Å². The van der Waals surface area contributed by atoms with Crippen molar-refractivity contribution in [1.29, 1.82) is 0 Å². The van der Waals surface area contributed by atoms with Gasteiger partial charge in [0.1, 0.15) is 6.54 Å². The van der Waals surface area contributed by atoms with Crippen LogP contribution in [-0.4, -0.2) is 20.9 Å². The van der Waals surface area contributed by atoms with Gasteiger partial charge in [0.2, 0.25) is 5.95 Å². The van der Waals surface area contributed by atoms with Crippen molar-refractivity contribution >= 4 is 18.2 Å². The number of anilines is 1. The van der Waals surface area contributed by atoms with Crippen molar-refractivity contribution < 1.29 is 13.2 Å². The maximum atomic E-state index is 11.8. The molecule has 0 amide bonds. The molecule has 0 aromatic carbocycles. The smallest absolute Gasteiger partial charge is 0.368 e. The molecule has 0 atom stereocenters. The minimum absolute atomic E-state index is 0.134. The van der Waals surface area contributed by atoms with Crippen LogP contribution in [0.5, 0.6) is 0 Å². The second-order valence-electron chi connectivity index (χ2n) is 2.09. The molecular weight excluding hydrogens is 193 g/mol. The van der Waals surface area contributed by atoms with E-state index in [0.717, 1.165) is 0 Å². The molecule has 0 aliphatic heterocycles. The van der Waals surface area contributed by atoms with Crippen LogP contribution in [0.25, 0.3) is 0 Å². The van der Waals surface area contributed by atoms with Gasteiger partial charge >= 0.3 is 6.18 Å². The van der Waals surface area contributed by atoms with Gasteiger partial charge in [0.05, 0.1) is 0 Å². The molecule has 0 aliphatic carbocycles. The predicted octanol–water partition coefficient (Wildman–Crippen LogP) is 1.09. The lowest BCUT2D eigenvalue weighted by Crippen LogP contribution is -2.19. The zero-order valence-corrected chi connectivity index (χ0v) is 6.54. The quantitative estimate of drug-likeness (QED) is 0.664. The first-order valence-electron chi connectivity index (χ1n) is 2.87. The minimum atomic E-state index is -4.34. The lowest BCUT2D eigenvalue weighted by atomic mass is 10.6. The Hall–Kier alpha value is -1.05. The Morgan fingerprint density at radius 3 is 2.50 bits per heavy atom. The fraction of sp³-hybridized carbons (Fsp3) is 0.500. The monoisotopic (exact) mass is 198 g/mol. The lowest BCUT2D eigenvalue weighted by Gasteiger charge is -2.06. The van der Waals surface area contributed by atoms with Gasteiger partial charge < -0.3 is 5.73 Å². The van der Waals surface area contributed by atoms with E-state index in [1.165, 1.54) is 0 Å². The van der Waals surface area contributed by atoms with E-state index < -0.39 is 12.7 Å². The molecule has 0 aliphatic rings. The van der Waals surface area contributed by atoms with E-state index in [0.29, 0.717) is 4.57 Å². The summed E-state index contributed by atoms with van der Waals surface area (Å²) in [6.07, 6.45) is -4.34. The molecule has 0 saturated carbocycles. The molecule has 1 rings (SSSR count). The maximum Gasteiger partial charge on any atom is 0.406 e. The Balaban J connectivity index is 2.96. The van der Waals surface area contributed by atoms with Crippen LogP contribution in [-0.2, 0) is 6.54 Å². The van der Waals surface area contributed by atoms with E-state index in [1.807, 2.05) is 0 Å². The third-order valence-electron chi connectivity index (χ3n) is 1.13. The summed E-state index contributed by atoms with van der Waals surface area (Å²) in [5.41, 5.74) is 5.10. The average Bonchev–Trinajstić information content (AvgIpc) is 2.16. The average molecular weight is 198 g/mol. The van der Waals surface area contributed by atoms with Gasteiger partial charge in [0.25, 0.3) is 0 Å². The Labute approximate surface area is 70.2 Å². The van der Waals surface area contributed by atoms with Crippen LogP contribution in [0.15, 0.2) is 0 Å². The maximum absolute atomic E-state index is 11.8. The summed E-state index contributed by atoms with van der Waals surface area (Å²) in [4.78, 5) is 0. The number of alkyl halides is 3. The molecule has 0 fully saturated rings. The summed E-state index contributed by atoms with van der Waals surface area (Å²) in [5, 5.41) is 5.47. The number of aromatic amines is 1. The summed E-state index contributed by atoms with van der Waals surface area (Å²) >= 11 is 4.51. The molecule has 1 aromatic rings. The topological polar surface area (TPSA) is 59.6 Å². The summed E-state index contributed by atoms with van der Waals surface area (Å²) < 4.78 is 36.0. The fourth-order valence-electron chi connectivity index (χ4n) is 0.662. The molecule has 1 heterocycles. The number of hydrogen-bond acceptors (Lipinski definition) is 3. The van der Waals surface area contributed by atoms with E-state index in [1.54, 1.807) is 0 Å². The van der Waals surface area contributed by atoms with Gasteiger partial charge in [-0.2, -0.15) is 13.2 Å². The second-order valence-corrected chi connectivity index (χ2v) is 2.47. The van der Waals surface area contributed by atoms with Gasteiger partial charge in [-0.15, -0.1) is 5.10 Å². The van der Waals surface area contributed by atoms with Gasteiger partial charge in [-0.25, -0.2) is 5.10 Å². The van der Waals surface area contributed by atoms with Gasteiger partial charge in [0, 0.05) is 0 Å². The summed E-state index contributed by atoms with van der Waals surface area (Å²) in [6, 6.07) is 0. The first-order valence-corrected chi connectivity index (χ1v) is 3.28. The summed E-state index contributed by atoms with van der Waals surface area (Å²) in [7, 11) is 0. The lowest BCUT2D eigenvalue weighted by molar-refractivity contribution is -0.140. The molecule has 0 saturated heterocycles. The Bertz CT molecular complexity index is 324. The molecule has 68 valence electrons.